The first kappa shape index (κ1) is 24.0. The first-order chi connectivity index (χ1) is 16.3. The monoisotopic (exact) mass is 456 g/mol. The van der Waals surface area contributed by atoms with E-state index in [2.05, 4.69) is 0 Å². The van der Waals surface area contributed by atoms with Crippen molar-refractivity contribution in [2.45, 2.75) is 0 Å². The van der Waals surface area contributed by atoms with Crippen molar-refractivity contribution in [3.05, 3.63) is 96.1 Å². The van der Waals surface area contributed by atoms with E-state index in [4.69, 9.17) is 32.4 Å². The number of anilines is 4. The summed E-state index contributed by atoms with van der Waals surface area (Å²) in [4.78, 5) is 12.0. The molecule has 0 aliphatic rings. The first-order valence-electron chi connectivity index (χ1n) is 10.5. The highest BCUT2D eigenvalue weighted by Crippen LogP contribution is 2.32. The minimum Gasteiger partial charge on any atom is -0.495 e. The highest BCUT2D eigenvalue weighted by molar-refractivity contribution is 6.09. The topological polar surface area (TPSA) is 140 Å². The Labute approximate surface area is 198 Å². The molecule has 0 atom stereocenters. The van der Waals surface area contributed by atoms with Gasteiger partial charge in [-0.25, -0.2) is 0 Å². The summed E-state index contributed by atoms with van der Waals surface area (Å²) in [6, 6.07) is 25.0. The number of ether oxygens (including phenoxy) is 2. The number of methoxy groups -OCH3 is 2. The number of hydrogen-bond acceptors (Lipinski definition) is 7. The van der Waals surface area contributed by atoms with Gasteiger partial charge >= 0.3 is 0 Å². The summed E-state index contributed by atoms with van der Waals surface area (Å²) in [6.45, 7) is 0. The Balaban J connectivity index is 0.000000192. The van der Waals surface area contributed by atoms with E-state index in [1.165, 1.54) is 0 Å². The minimum atomic E-state index is -0.0278. The summed E-state index contributed by atoms with van der Waals surface area (Å²) in [5, 5.41) is 0. The molecule has 0 spiro atoms. The molecule has 0 aliphatic heterocycles. The van der Waals surface area contributed by atoms with Crippen LogP contribution in [0, 0.1) is 0 Å². The molecule has 0 radical (unpaired) electrons. The van der Waals surface area contributed by atoms with Crippen molar-refractivity contribution in [2.75, 3.05) is 37.2 Å². The molecule has 174 valence electrons. The molecule has 0 saturated carbocycles. The van der Waals surface area contributed by atoms with Crippen LogP contribution in [0.1, 0.15) is 15.9 Å². The molecule has 0 aliphatic carbocycles. The van der Waals surface area contributed by atoms with Crippen LogP contribution in [-0.4, -0.2) is 20.0 Å². The number of nitrogen functional groups attached to an aromatic ring is 4. The highest BCUT2D eigenvalue weighted by atomic mass is 16.5. The lowest BCUT2D eigenvalue weighted by Crippen LogP contribution is -2.01. The quantitative estimate of drug-likeness (QED) is 0.254. The summed E-state index contributed by atoms with van der Waals surface area (Å²) < 4.78 is 10.4. The average molecular weight is 457 g/mol. The zero-order valence-electron chi connectivity index (χ0n) is 19.1. The van der Waals surface area contributed by atoms with Crippen molar-refractivity contribution in [1.29, 1.82) is 0 Å². The van der Waals surface area contributed by atoms with Crippen LogP contribution in [0.4, 0.5) is 22.7 Å². The smallest absolute Gasteiger partial charge is 0.193 e. The van der Waals surface area contributed by atoms with Gasteiger partial charge in [0.2, 0.25) is 0 Å². The van der Waals surface area contributed by atoms with Crippen LogP contribution < -0.4 is 32.4 Å². The molecule has 7 heteroatoms. The maximum absolute atomic E-state index is 12.0. The Hall–Kier alpha value is -4.65. The van der Waals surface area contributed by atoms with Gasteiger partial charge in [0, 0.05) is 22.5 Å². The molecular formula is C27H28N4O3. The molecule has 0 saturated heterocycles. The summed E-state index contributed by atoms with van der Waals surface area (Å²) in [5.74, 6) is 1.28. The van der Waals surface area contributed by atoms with E-state index in [9.17, 15) is 4.79 Å². The molecule has 0 bridgehead atoms. The number of ketones is 1. The molecule has 0 aromatic heterocycles. The molecule has 8 N–H and O–H groups in total. The van der Waals surface area contributed by atoms with Crippen LogP contribution >= 0.6 is 0 Å². The second-order valence-electron chi connectivity index (χ2n) is 7.49. The van der Waals surface area contributed by atoms with E-state index in [0.29, 0.717) is 45.4 Å². The number of nitrogens with two attached hydrogens (primary N) is 4. The lowest BCUT2D eigenvalue weighted by molar-refractivity contribution is 0.103. The fourth-order valence-corrected chi connectivity index (χ4v) is 3.22. The standard InChI is InChI=1S/C14H16N2O2.C13H12N2O/c1-17-13-7-9(3-5-11(13)15)10-4-6-12(16)14(8-10)18-2;14-11-5-1-9(2-6-11)13(16)10-3-7-12(15)8-4-10/h3-8H,15-16H2,1-2H3;1-8H,14-15H2. The normalized spacial score (nSPS) is 10.1. The minimum absolute atomic E-state index is 0.0278. The number of rotatable bonds is 5. The Kier molecular flexibility index (Phi) is 7.61. The zero-order valence-corrected chi connectivity index (χ0v) is 19.1. The third-order valence-corrected chi connectivity index (χ3v) is 5.15. The molecule has 0 unspecified atom stereocenters. The van der Waals surface area contributed by atoms with E-state index < -0.39 is 0 Å². The number of carbonyl (C=O) groups is 1. The fourth-order valence-electron chi connectivity index (χ4n) is 3.22. The van der Waals surface area contributed by atoms with Crippen LogP contribution in [-0.2, 0) is 0 Å². The van der Waals surface area contributed by atoms with Gasteiger partial charge in [-0.3, -0.25) is 4.79 Å². The molecular weight excluding hydrogens is 428 g/mol. The van der Waals surface area contributed by atoms with Crippen LogP contribution in [0.5, 0.6) is 11.5 Å². The van der Waals surface area contributed by atoms with Crippen molar-refractivity contribution < 1.29 is 14.3 Å². The average Bonchev–Trinajstić information content (AvgIpc) is 2.85. The second-order valence-corrected chi connectivity index (χ2v) is 7.49. The predicted molar refractivity (Wildman–Crippen MR) is 139 cm³/mol. The van der Waals surface area contributed by atoms with Gasteiger partial charge < -0.3 is 32.4 Å². The van der Waals surface area contributed by atoms with E-state index >= 15 is 0 Å². The third kappa shape index (κ3) is 5.77. The SMILES string of the molecule is COc1cc(-c2ccc(N)c(OC)c2)ccc1N.Nc1ccc(C(=O)c2ccc(N)cc2)cc1. The molecule has 0 fully saturated rings. The number of carbonyl (C=O) groups excluding carboxylic acids is 1. The van der Waals surface area contributed by atoms with Gasteiger partial charge in [0.1, 0.15) is 11.5 Å². The molecule has 0 amide bonds. The van der Waals surface area contributed by atoms with Crippen LogP contribution in [0.25, 0.3) is 11.1 Å². The Morgan fingerprint density at radius 1 is 0.559 bits per heavy atom. The van der Waals surface area contributed by atoms with Gasteiger partial charge in [-0.1, -0.05) is 12.1 Å². The van der Waals surface area contributed by atoms with Crippen molar-refractivity contribution in [2.24, 2.45) is 0 Å². The number of benzene rings is 4. The first-order valence-corrected chi connectivity index (χ1v) is 10.5. The highest BCUT2D eigenvalue weighted by Gasteiger charge is 2.08. The maximum Gasteiger partial charge on any atom is 0.193 e. The van der Waals surface area contributed by atoms with Crippen molar-refractivity contribution in [3.63, 3.8) is 0 Å². The van der Waals surface area contributed by atoms with Crippen LogP contribution in [0.3, 0.4) is 0 Å². The zero-order chi connectivity index (χ0) is 24.7. The number of hydrogen-bond donors (Lipinski definition) is 4. The summed E-state index contributed by atoms with van der Waals surface area (Å²) in [7, 11) is 3.19. The maximum atomic E-state index is 12.0. The van der Waals surface area contributed by atoms with Crippen LogP contribution in [0.2, 0.25) is 0 Å². The van der Waals surface area contributed by atoms with Gasteiger partial charge in [-0.15, -0.1) is 0 Å². The Bertz CT molecular complexity index is 1170. The molecule has 4 aromatic carbocycles. The predicted octanol–water partition coefficient (Wildman–Crippen LogP) is 4.62. The van der Waals surface area contributed by atoms with Gasteiger partial charge in [-0.2, -0.15) is 0 Å². The lowest BCUT2D eigenvalue weighted by Gasteiger charge is -2.10. The molecule has 4 aromatic rings. The van der Waals surface area contributed by atoms with Crippen molar-refractivity contribution in [1.82, 2.24) is 0 Å². The Morgan fingerprint density at radius 2 is 0.912 bits per heavy atom. The van der Waals surface area contributed by atoms with Gasteiger partial charge in [-0.05, 0) is 83.9 Å². The summed E-state index contributed by atoms with van der Waals surface area (Å²) in [6.07, 6.45) is 0. The van der Waals surface area contributed by atoms with Crippen LogP contribution in [0.15, 0.2) is 84.9 Å². The van der Waals surface area contributed by atoms with Gasteiger partial charge in [0.15, 0.2) is 5.78 Å². The Morgan fingerprint density at radius 3 is 1.24 bits per heavy atom. The molecule has 4 rings (SSSR count). The van der Waals surface area contributed by atoms with Gasteiger partial charge in [0.05, 0.1) is 25.6 Å². The van der Waals surface area contributed by atoms with E-state index in [0.717, 1.165) is 11.1 Å². The van der Waals surface area contributed by atoms with Crippen molar-refractivity contribution in [3.8, 4) is 22.6 Å². The summed E-state index contributed by atoms with van der Waals surface area (Å²) in [5.41, 5.74) is 28.5. The third-order valence-electron chi connectivity index (χ3n) is 5.15. The van der Waals surface area contributed by atoms with Gasteiger partial charge in [0.25, 0.3) is 0 Å². The lowest BCUT2D eigenvalue weighted by atomic mass is 10.0. The van der Waals surface area contributed by atoms with E-state index in [1.807, 2.05) is 36.4 Å². The molecule has 7 nitrogen and oxygen atoms in total. The van der Waals surface area contributed by atoms with Crippen molar-refractivity contribution >= 4 is 28.5 Å². The molecule has 0 heterocycles. The largest absolute Gasteiger partial charge is 0.495 e. The fraction of sp³-hybridized carbons (Fsp3) is 0.0741. The van der Waals surface area contributed by atoms with E-state index in [1.54, 1.807) is 62.8 Å². The summed E-state index contributed by atoms with van der Waals surface area (Å²) >= 11 is 0. The van der Waals surface area contributed by atoms with E-state index in [-0.39, 0.29) is 5.78 Å². The molecule has 34 heavy (non-hydrogen) atoms. The second kappa shape index (κ2) is 10.8.